The summed E-state index contributed by atoms with van der Waals surface area (Å²) in [7, 11) is -3.64. The van der Waals surface area contributed by atoms with Crippen molar-refractivity contribution < 1.29 is 22.8 Å². The lowest BCUT2D eigenvalue weighted by atomic mass is 10.1. The Morgan fingerprint density at radius 3 is 2.24 bits per heavy atom. The quantitative estimate of drug-likeness (QED) is 0.553. The van der Waals surface area contributed by atoms with Crippen molar-refractivity contribution in [3.05, 3.63) is 54.1 Å². The molecule has 0 aliphatic carbocycles. The normalized spacial score (nSPS) is 13.9. The van der Waals surface area contributed by atoms with Crippen molar-refractivity contribution in [3.8, 4) is 0 Å². The van der Waals surface area contributed by atoms with Crippen molar-refractivity contribution in [2.24, 2.45) is 0 Å². The van der Waals surface area contributed by atoms with Crippen LogP contribution in [0.15, 0.2) is 48.5 Å². The minimum absolute atomic E-state index is 0.00614. The van der Waals surface area contributed by atoms with Gasteiger partial charge in [0.25, 0.3) is 5.91 Å². The zero-order valence-electron chi connectivity index (χ0n) is 18.5. The first-order chi connectivity index (χ1) is 15.6. The molecule has 10 nitrogen and oxygen atoms in total. The average Bonchev–Trinajstić information content (AvgIpc) is 2.77. The van der Waals surface area contributed by atoms with E-state index in [0.29, 0.717) is 31.9 Å². The van der Waals surface area contributed by atoms with Gasteiger partial charge in [0, 0.05) is 44.5 Å². The first kappa shape index (κ1) is 24.1. The van der Waals surface area contributed by atoms with E-state index in [-0.39, 0.29) is 29.6 Å². The Morgan fingerprint density at radius 1 is 0.970 bits per heavy atom. The molecule has 1 heterocycles. The van der Waals surface area contributed by atoms with Crippen molar-refractivity contribution in [1.29, 1.82) is 0 Å². The number of nitrogens with one attached hydrogen (secondary N) is 3. The minimum atomic E-state index is -3.64. The Hall–Kier alpha value is -3.60. The van der Waals surface area contributed by atoms with Crippen LogP contribution in [-0.4, -0.2) is 70.0 Å². The molecule has 3 rings (SSSR count). The molecule has 0 radical (unpaired) electrons. The fourth-order valence-corrected chi connectivity index (χ4v) is 4.10. The van der Waals surface area contributed by atoms with E-state index >= 15 is 0 Å². The minimum Gasteiger partial charge on any atom is -0.368 e. The molecule has 1 saturated heterocycles. The highest BCUT2D eigenvalue weighted by molar-refractivity contribution is 7.92. The van der Waals surface area contributed by atoms with Crippen LogP contribution in [0, 0.1) is 0 Å². The summed E-state index contributed by atoms with van der Waals surface area (Å²) in [4.78, 5) is 40.6. The van der Waals surface area contributed by atoms with E-state index in [1.54, 1.807) is 4.90 Å². The fraction of sp³-hybridized carbons (Fsp3) is 0.318. The van der Waals surface area contributed by atoms with Crippen LogP contribution in [0.25, 0.3) is 0 Å². The van der Waals surface area contributed by atoms with Crippen LogP contribution in [0.5, 0.6) is 0 Å². The predicted molar refractivity (Wildman–Crippen MR) is 127 cm³/mol. The summed E-state index contributed by atoms with van der Waals surface area (Å²) in [6.07, 6.45) is 0.967. The molecule has 0 aromatic heterocycles. The fourth-order valence-electron chi connectivity index (χ4n) is 3.52. The monoisotopic (exact) mass is 473 g/mol. The number of sulfonamides is 1. The van der Waals surface area contributed by atoms with Gasteiger partial charge >= 0.3 is 0 Å². The lowest BCUT2D eigenvalue weighted by Crippen LogP contribution is -2.51. The molecule has 0 bridgehead atoms. The summed E-state index contributed by atoms with van der Waals surface area (Å²) in [6.45, 7) is 3.52. The van der Waals surface area contributed by atoms with E-state index in [4.69, 9.17) is 0 Å². The van der Waals surface area contributed by atoms with Crippen molar-refractivity contribution in [1.82, 2.24) is 10.2 Å². The number of rotatable bonds is 7. The molecule has 3 N–H and O–H groups in total. The number of benzene rings is 2. The largest absolute Gasteiger partial charge is 0.368 e. The lowest BCUT2D eigenvalue weighted by Gasteiger charge is -2.36. The topological polar surface area (TPSA) is 128 Å². The van der Waals surface area contributed by atoms with Crippen molar-refractivity contribution in [2.75, 3.05) is 53.9 Å². The smallest absolute Gasteiger partial charge is 0.253 e. The molecule has 11 heteroatoms. The zero-order chi connectivity index (χ0) is 24.0. The third kappa shape index (κ3) is 6.94. The number of hydrogen-bond acceptors (Lipinski definition) is 6. The molecule has 1 aliphatic rings. The van der Waals surface area contributed by atoms with Crippen LogP contribution < -0.4 is 20.3 Å². The van der Waals surface area contributed by atoms with Gasteiger partial charge in [-0.2, -0.15) is 0 Å². The van der Waals surface area contributed by atoms with Crippen LogP contribution in [0.2, 0.25) is 0 Å². The van der Waals surface area contributed by atoms with Crippen LogP contribution in [0.4, 0.5) is 17.1 Å². The number of para-hydroxylation sites is 1. The van der Waals surface area contributed by atoms with Gasteiger partial charge in [-0.15, -0.1) is 0 Å². The van der Waals surface area contributed by atoms with Gasteiger partial charge in [-0.05, 0) is 30.3 Å². The van der Waals surface area contributed by atoms with Gasteiger partial charge in [0.1, 0.15) is 0 Å². The van der Waals surface area contributed by atoms with E-state index < -0.39 is 15.9 Å². The van der Waals surface area contributed by atoms with Gasteiger partial charge in [-0.25, -0.2) is 8.42 Å². The SMILES string of the molecule is CC(=O)Nc1ccc(NS(C)(=O)=O)c(C(=O)NCC(=O)N2CCN(c3ccccc3)CC2)c1. The summed E-state index contributed by atoms with van der Waals surface area (Å²) < 4.78 is 25.6. The number of piperazine rings is 1. The Morgan fingerprint density at radius 2 is 1.64 bits per heavy atom. The molecule has 3 amide bonds. The molecule has 0 saturated carbocycles. The average molecular weight is 474 g/mol. The number of amides is 3. The highest BCUT2D eigenvalue weighted by Crippen LogP contribution is 2.22. The molecule has 2 aromatic carbocycles. The van der Waals surface area contributed by atoms with E-state index in [1.165, 1.54) is 25.1 Å². The summed E-state index contributed by atoms with van der Waals surface area (Å²) in [5.74, 6) is -1.20. The highest BCUT2D eigenvalue weighted by atomic mass is 32.2. The molecule has 33 heavy (non-hydrogen) atoms. The van der Waals surface area contributed by atoms with E-state index in [2.05, 4.69) is 20.3 Å². The number of hydrogen-bond donors (Lipinski definition) is 3. The Bertz CT molecular complexity index is 1130. The van der Waals surface area contributed by atoms with E-state index in [9.17, 15) is 22.8 Å². The second-order valence-corrected chi connectivity index (χ2v) is 9.45. The summed E-state index contributed by atoms with van der Waals surface area (Å²) >= 11 is 0. The number of carbonyl (C=O) groups excluding carboxylic acids is 3. The number of anilines is 3. The van der Waals surface area contributed by atoms with Crippen LogP contribution in [0.1, 0.15) is 17.3 Å². The van der Waals surface area contributed by atoms with Gasteiger partial charge in [0.15, 0.2) is 0 Å². The lowest BCUT2D eigenvalue weighted by molar-refractivity contribution is -0.130. The van der Waals surface area contributed by atoms with Crippen molar-refractivity contribution >= 4 is 44.8 Å². The van der Waals surface area contributed by atoms with Gasteiger partial charge in [-0.1, -0.05) is 18.2 Å². The molecular formula is C22H27N5O5S. The van der Waals surface area contributed by atoms with Gasteiger partial charge < -0.3 is 20.4 Å². The number of carbonyl (C=O) groups is 3. The number of nitrogens with zero attached hydrogens (tertiary/aromatic N) is 2. The van der Waals surface area contributed by atoms with E-state index in [0.717, 1.165) is 11.9 Å². The van der Waals surface area contributed by atoms with Gasteiger partial charge in [0.05, 0.1) is 24.1 Å². The molecule has 0 atom stereocenters. The molecule has 1 aliphatic heterocycles. The Kier molecular flexibility index (Phi) is 7.54. The summed E-state index contributed by atoms with van der Waals surface area (Å²) in [5, 5.41) is 5.10. The first-order valence-electron chi connectivity index (χ1n) is 10.4. The van der Waals surface area contributed by atoms with Crippen LogP contribution in [0.3, 0.4) is 0 Å². The molecule has 0 unspecified atom stereocenters. The molecule has 2 aromatic rings. The second kappa shape index (κ2) is 10.3. The molecular weight excluding hydrogens is 446 g/mol. The standard InChI is InChI=1S/C22H27N5O5S/c1-16(28)24-17-8-9-20(25-33(2,31)32)19(14-17)22(30)23-15-21(29)27-12-10-26(11-13-27)18-6-4-3-5-7-18/h3-9,14,25H,10-13,15H2,1-2H3,(H,23,30)(H,24,28). The molecule has 1 fully saturated rings. The zero-order valence-corrected chi connectivity index (χ0v) is 19.3. The van der Waals surface area contributed by atoms with Gasteiger partial charge in [-0.3, -0.25) is 19.1 Å². The summed E-state index contributed by atoms with van der Waals surface area (Å²) in [6, 6.07) is 14.1. The third-order valence-electron chi connectivity index (χ3n) is 5.03. The maximum absolute atomic E-state index is 12.8. The van der Waals surface area contributed by atoms with Crippen LogP contribution in [-0.2, 0) is 19.6 Å². The van der Waals surface area contributed by atoms with E-state index in [1.807, 2.05) is 30.3 Å². The highest BCUT2D eigenvalue weighted by Gasteiger charge is 2.22. The van der Waals surface area contributed by atoms with Crippen molar-refractivity contribution in [2.45, 2.75) is 6.92 Å². The first-order valence-corrected chi connectivity index (χ1v) is 12.3. The molecule has 0 spiro atoms. The maximum Gasteiger partial charge on any atom is 0.253 e. The van der Waals surface area contributed by atoms with Crippen molar-refractivity contribution in [3.63, 3.8) is 0 Å². The third-order valence-corrected chi connectivity index (χ3v) is 5.62. The summed E-state index contributed by atoms with van der Waals surface area (Å²) in [5.41, 5.74) is 1.47. The van der Waals surface area contributed by atoms with Gasteiger partial charge in [0.2, 0.25) is 21.8 Å². The molecule has 176 valence electrons. The Labute approximate surface area is 193 Å². The van der Waals surface area contributed by atoms with Crippen LogP contribution >= 0.6 is 0 Å². The predicted octanol–water partition coefficient (Wildman–Crippen LogP) is 1.10. The maximum atomic E-state index is 12.8. The Balaban J connectivity index is 1.62. The second-order valence-electron chi connectivity index (χ2n) is 7.70.